The second-order valence-corrected chi connectivity index (χ2v) is 6.40. The van der Waals surface area contributed by atoms with Crippen LogP contribution in [0.25, 0.3) is 0 Å². The predicted molar refractivity (Wildman–Crippen MR) is 74.7 cm³/mol. The lowest BCUT2D eigenvalue weighted by Crippen LogP contribution is -2.38. The molecule has 0 unspecified atom stereocenters. The second kappa shape index (κ2) is 6.67. The first-order chi connectivity index (χ1) is 8.63. The topological polar surface area (TPSA) is 23.6 Å². The molecule has 2 heterocycles. The molecule has 2 aliphatic rings. The molecule has 2 fully saturated rings. The first kappa shape index (κ1) is 14.0. The fourth-order valence-electron chi connectivity index (χ4n) is 3.46. The normalized spacial score (nSPS) is 25.4. The highest BCUT2D eigenvalue weighted by Gasteiger charge is 2.24. The van der Waals surface area contributed by atoms with Gasteiger partial charge in [-0.25, -0.2) is 0 Å². The van der Waals surface area contributed by atoms with Crippen molar-refractivity contribution in [1.82, 2.24) is 9.80 Å². The van der Waals surface area contributed by atoms with Crippen molar-refractivity contribution < 1.29 is 4.79 Å². The fourth-order valence-corrected chi connectivity index (χ4v) is 3.46. The number of ketones is 1. The summed E-state index contributed by atoms with van der Waals surface area (Å²) in [5, 5.41) is 0. The molecule has 0 aromatic rings. The molecule has 3 heteroatoms. The largest absolute Gasteiger partial charge is 0.306 e. The van der Waals surface area contributed by atoms with Crippen molar-refractivity contribution in [3.8, 4) is 0 Å². The van der Waals surface area contributed by atoms with Gasteiger partial charge >= 0.3 is 0 Å². The summed E-state index contributed by atoms with van der Waals surface area (Å²) in [6, 6.07) is 0. The van der Waals surface area contributed by atoms with Gasteiger partial charge in [0.25, 0.3) is 0 Å². The zero-order valence-corrected chi connectivity index (χ0v) is 12.0. The number of hydrogen-bond donors (Lipinski definition) is 0. The number of nitrogens with zero attached hydrogens (tertiary/aromatic N) is 2. The molecule has 0 aliphatic carbocycles. The number of piperidine rings is 2. The number of hydrogen-bond acceptors (Lipinski definition) is 3. The van der Waals surface area contributed by atoms with Gasteiger partial charge in [-0.2, -0.15) is 0 Å². The van der Waals surface area contributed by atoms with Gasteiger partial charge in [-0.05, 0) is 84.1 Å². The number of carbonyl (C=O) groups is 1. The Morgan fingerprint density at radius 1 is 1.00 bits per heavy atom. The van der Waals surface area contributed by atoms with Crippen LogP contribution in [-0.4, -0.2) is 55.4 Å². The molecule has 0 saturated carbocycles. The van der Waals surface area contributed by atoms with E-state index >= 15 is 0 Å². The van der Waals surface area contributed by atoms with Crippen molar-refractivity contribution >= 4 is 5.78 Å². The lowest BCUT2D eigenvalue weighted by Gasteiger charge is -2.35. The van der Waals surface area contributed by atoms with Gasteiger partial charge in [0.2, 0.25) is 0 Å². The van der Waals surface area contributed by atoms with E-state index in [0.717, 1.165) is 24.9 Å². The summed E-state index contributed by atoms with van der Waals surface area (Å²) in [6.45, 7) is 7.21. The predicted octanol–water partition coefficient (Wildman–Crippen LogP) is 2.02. The molecule has 0 atom stereocenters. The number of Topliss-reactive ketones (excluding diaryl/α,β-unsaturated/α-hetero) is 1. The van der Waals surface area contributed by atoms with Crippen molar-refractivity contribution in [2.75, 3.05) is 39.8 Å². The molecular formula is C15H28N2O. The lowest BCUT2D eigenvalue weighted by atomic mass is 9.83. The molecule has 0 aromatic carbocycles. The first-order valence-electron chi connectivity index (χ1n) is 7.54. The average Bonchev–Trinajstić information content (AvgIpc) is 2.34. The third kappa shape index (κ3) is 4.36. The van der Waals surface area contributed by atoms with Gasteiger partial charge in [-0.15, -0.1) is 0 Å². The van der Waals surface area contributed by atoms with Gasteiger partial charge in [0.05, 0.1) is 6.54 Å². The van der Waals surface area contributed by atoms with E-state index in [4.69, 9.17) is 0 Å². The summed E-state index contributed by atoms with van der Waals surface area (Å²) < 4.78 is 0. The molecular weight excluding hydrogens is 224 g/mol. The zero-order valence-electron chi connectivity index (χ0n) is 12.0. The van der Waals surface area contributed by atoms with E-state index in [1.807, 2.05) is 0 Å². The van der Waals surface area contributed by atoms with E-state index in [0.29, 0.717) is 12.3 Å². The average molecular weight is 252 g/mol. The SMILES string of the molecule is CC(=O)CN1CCC(CC2CCN(C)CC2)CC1. The Labute approximate surface area is 112 Å². The Balaban J connectivity index is 1.65. The van der Waals surface area contributed by atoms with Crippen molar-refractivity contribution in [2.24, 2.45) is 11.8 Å². The molecule has 2 rings (SSSR count). The van der Waals surface area contributed by atoms with E-state index in [-0.39, 0.29) is 0 Å². The molecule has 0 radical (unpaired) electrons. The van der Waals surface area contributed by atoms with Crippen LogP contribution in [0.15, 0.2) is 0 Å². The van der Waals surface area contributed by atoms with Crippen molar-refractivity contribution in [2.45, 2.75) is 39.0 Å². The van der Waals surface area contributed by atoms with E-state index in [9.17, 15) is 4.79 Å². The quantitative estimate of drug-likeness (QED) is 0.765. The maximum atomic E-state index is 11.1. The molecule has 0 aromatic heterocycles. The Hall–Kier alpha value is -0.410. The van der Waals surface area contributed by atoms with Gasteiger partial charge in [0.1, 0.15) is 5.78 Å². The van der Waals surface area contributed by atoms with Crippen LogP contribution < -0.4 is 0 Å². The van der Waals surface area contributed by atoms with Gasteiger partial charge in [0, 0.05) is 0 Å². The smallest absolute Gasteiger partial charge is 0.143 e. The summed E-state index contributed by atoms with van der Waals surface area (Å²) in [4.78, 5) is 15.9. The van der Waals surface area contributed by atoms with E-state index in [2.05, 4.69) is 16.8 Å². The minimum atomic E-state index is 0.309. The fraction of sp³-hybridized carbons (Fsp3) is 0.933. The standard InChI is InChI=1S/C15H28N2O/c1-13(18)12-17-9-5-15(6-10-17)11-14-3-7-16(2)8-4-14/h14-15H,3-12H2,1-2H3. The minimum Gasteiger partial charge on any atom is -0.306 e. The highest BCUT2D eigenvalue weighted by molar-refractivity contribution is 5.77. The monoisotopic (exact) mass is 252 g/mol. The summed E-state index contributed by atoms with van der Waals surface area (Å²) in [5.74, 6) is 2.19. The molecule has 0 bridgehead atoms. The van der Waals surface area contributed by atoms with Gasteiger partial charge in [0.15, 0.2) is 0 Å². The van der Waals surface area contributed by atoms with Crippen LogP contribution >= 0.6 is 0 Å². The minimum absolute atomic E-state index is 0.309. The number of rotatable bonds is 4. The van der Waals surface area contributed by atoms with Crippen LogP contribution in [0.2, 0.25) is 0 Å². The highest BCUT2D eigenvalue weighted by atomic mass is 16.1. The van der Waals surface area contributed by atoms with E-state index in [1.54, 1.807) is 6.92 Å². The van der Waals surface area contributed by atoms with Crippen LogP contribution in [0, 0.1) is 11.8 Å². The maximum absolute atomic E-state index is 11.1. The van der Waals surface area contributed by atoms with Crippen LogP contribution in [0.3, 0.4) is 0 Å². The van der Waals surface area contributed by atoms with Crippen LogP contribution in [-0.2, 0) is 4.79 Å². The summed E-state index contributed by atoms with van der Waals surface area (Å²) in [5.41, 5.74) is 0. The van der Waals surface area contributed by atoms with E-state index < -0.39 is 0 Å². The number of carbonyl (C=O) groups excluding carboxylic acids is 1. The summed E-state index contributed by atoms with van der Waals surface area (Å²) in [7, 11) is 2.23. The van der Waals surface area contributed by atoms with Gasteiger partial charge in [-0.1, -0.05) is 0 Å². The Kier molecular flexibility index (Phi) is 5.19. The molecule has 2 aliphatic heterocycles. The van der Waals surface area contributed by atoms with Gasteiger partial charge < -0.3 is 4.90 Å². The summed E-state index contributed by atoms with van der Waals surface area (Å²) >= 11 is 0. The Morgan fingerprint density at radius 2 is 1.50 bits per heavy atom. The van der Waals surface area contributed by atoms with Gasteiger partial charge in [-0.3, -0.25) is 9.69 Å². The molecule has 0 amide bonds. The summed E-state index contributed by atoms with van der Waals surface area (Å²) in [6.07, 6.45) is 6.83. The van der Waals surface area contributed by atoms with E-state index in [1.165, 1.54) is 45.2 Å². The second-order valence-electron chi connectivity index (χ2n) is 6.40. The Morgan fingerprint density at radius 3 is 2.00 bits per heavy atom. The lowest BCUT2D eigenvalue weighted by molar-refractivity contribution is -0.118. The molecule has 18 heavy (non-hydrogen) atoms. The van der Waals surface area contributed by atoms with Crippen molar-refractivity contribution in [1.29, 1.82) is 0 Å². The zero-order chi connectivity index (χ0) is 13.0. The van der Waals surface area contributed by atoms with Crippen molar-refractivity contribution in [3.63, 3.8) is 0 Å². The molecule has 2 saturated heterocycles. The first-order valence-corrected chi connectivity index (χ1v) is 7.54. The Bertz CT molecular complexity index is 264. The molecule has 0 N–H and O–H groups in total. The maximum Gasteiger partial charge on any atom is 0.143 e. The third-order valence-electron chi connectivity index (χ3n) is 4.66. The molecule has 0 spiro atoms. The van der Waals surface area contributed by atoms with Crippen LogP contribution in [0.5, 0.6) is 0 Å². The third-order valence-corrected chi connectivity index (χ3v) is 4.66. The highest BCUT2D eigenvalue weighted by Crippen LogP contribution is 2.29. The number of likely N-dealkylation sites (tertiary alicyclic amines) is 2. The van der Waals surface area contributed by atoms with Crippen LogP contribution in [0.4, 0.5) is 0 Å². The van der Waals surface area contributed by atoms with Crippen molar-refractivity contribution in [3.05, 3.63) is 0 Å². The molecule has 104 valence electrons. The van der Waals surface area contributed by atoms with Crippen LogP contribution in [0.1, 0.15) is 39.0 Å². The molecule has 3 nitrogen and oxygen atoms in total.